The van der Waals surface area contributed by atoms with E-state index in [1.807, 2.05) is 6.07 Å². The lowest BCUT2D eigenvalue weighted by molar-refractivity contribution is -0.123. The summed E-state index contributed by atoms with van der Waals surface area (Å²) < 4.78 is 16.1. The van der Waals surface area contributed by atoms with Crippen molar-refractivity contribution in [3.05, 3.63) is 81.8 Å². The molecule has 150 valence electrons. The number of fused-ring (bicyclic) bond motifs is 1. The third-order valence-electron chi connectivity index (χ3n) is 4.10. The number of nitrogens with zero attached hydrogens (tertiary/aromatic N) is 2. The van der Waals surface area contributed by atoms with Gasteiger partial charge in [0.2, 0.25) is 5.43 Å². The highest BCUT2D eigenvalue weighted by Crippen LogP contribution is 2.29. The van der Waals surface area contributed by atoms with E-state index in [0.29, 0.717) is 33.1 Å². The van der Waals surface area contributed by atoms with Crippen LogP contribution in [0.2, 0.25) is 5.02 Å². The molecule has 0 atom stereocenters. The van der Waals surface area contributed by atoms with Crippen molar-refractivity contribution in [3.63, 3.8) is 0 Å². The van der Waals surface area contributed by atoms with E-state index < -0.39 is 5.91 Å². The van der Waals surface area contributed by atoms with Gasteiger partial charge in [-0.3, -0.25) is 9.59 Å². The number of rotatable bonds is 6. The number of amides is 1. The summed E-state index contributed by atoms with van der Waals surface area (Å²) >= 11 is 5.92. The summed E-state index contributed by atoms with van der Waals surface area (Å²) in [7, 11) is 0. The molecule has 0 aliphatic carbocycles. The molecule has 0 unspecified atom stereocenters. The second-order valence-electron chi connectivity index (χ2n) is 6.12. The number of carbonyl (C=O) groups excluding carboxylic acids is 1. The minimum atomic E-state index is -0.508. The van der Waals surface area contributed by atoms with Crippen LogP contribution >= 0.6 is 11.6 Å². The second kappa shape index (κ2) is 8.62. The Labute approximate surface area is 174 Å². The van der Waals surface area contributed by atoms with Crippen LogP contribution in [-0.2, 0) is 4.79 Å². The average molecular weight is 424 g/mol. The number of hydrogen-bond donors (Lipinski definition) is 1. The maximum atomic E-state index is 12.5. The van der Waals surface area contributed by atoms with Crippen molar-refractivity contribution in [2.24, 2.45) is 5.10 Å². The fourth-order valence-electron chi connectivity index (χ4n) is 2.71. The number of nitrogens with one attached hydrogen (secondary N) is 1. The monoisotopic (exact) mass is 423 g/mol. The Kier molecular flexibility index (Phi) is 5.58. The first-order valence-electron chi connectivity index (χ1n) is 8.77. The Morgan fingerprint density at radius 2 is 2.10 bits per heavy atom. The molecule has 2 aromatic carbocycles. The summed E-state index contributed by atoms with van der Waals surface area (Å²) in [5, 5.41) is 8.20. The van der Waals surface area contributed by atoms with Crippen molar-refractivity contribution in [2.75, 3.05) is 6.61 Å². The number of ether oxygens (including phenoxy) is 1. The molecule has 0 radical (unpaired) electrons. The van der Waals surface area contributed by atoms with Crippen molar-refractivity contribution >= 4 is 34.7 Å². The van der Waals surface area contributed by atoms with Crippen LogP contribution in [0.5, 0.6) is 5.75 Å². The summed E-state index contributed by atoms with van der Waals surface area (Å²) in [5.74, 6) is 0.472. The molecule has 2 heterocycles. The van der Waals surface area contributed by atoms with Crippen LogP contribution < -0.4 is 15.6 Å². The molecule has 0 fully saturated rings. The Morgan fingerprint density at radius 1 is 1.23 bits per heavy atom. The van der Waals surface area contributed by atoms with Gasteiger partial charge >= 0.3 is 0 Å². The summed E-state index contributed by atoms with van der Waals surface area (Å²) in [4.78, 5) is 24.5. The van der Waals surface area contributed by atoms with Crippen LogP contribution in [0.1, 0.15) is 5.56 Å². The summed E-state index contributed by atoms with van der Waals surface area (Å²) in [6.45, 7) is -0.287. The van der Waals surface area contributed by atoms with Crippen LogP contribution in [0.3, 0.4) is 0 Å². The lowest BCUT2D eigenvalue weighted by atomic mass is 10.1. The first-order chi connectivity index (χ1) is 14.6. The molecule has 1 N–H and O–H groups in total. The van der Waals surface area contributed by atoms with E-state index in [0.717, 1.165) is 0 Å². The van der Waals surface area contributed by atoms with Gasteiger partial charge in [0, 0.05) is 11.1 Å². The van der Waals surface area contributed by atoms with Gasteiger partial charge < -0.3 is 13.7 Å². The van der Waals surface area contributed by atoms with Crippen LogP contribution in [0.25, 0.3) is 22.3 Å². The molecule has 0 saturated carbocycles. The molecule has 9 heteroatoms. The Bertz CT molecular complexity index is 1280. The zero-order chi connectivity index (χ0) is 20.9. The average Bonchev–Trinajstić information content (AvgIpc) is 3.29. The maximum absolute atomic E-state index is 12.5. The van der Waals surface area contributed by atoms with E-state index in [4.69, 9.17) is 25.3 Å². The van der Waals surface area contributed by atoms with Crippen LogP contribution in [0.4, 0.5) is 0 Å². The van der Waals surface area contributed by atoms with Gasteiger partial charge in [0.05, 0.1) is 28.9 Å². The van der Waals surface area contributed by atoms with Crippen molar-refractivity contribution in [1.29, 1.82) is 0 Å². The molecule has 0 aliphatic rings. The number of benzene rings is 2. The van der Waals surface area contributed by atoms with Crippen molar-refractivity contribution in [1.82, 2.24) is 10.6 Å². The third kappa shape index (κ3) is 4.23. The minimum Gasteiger partial charge on any atom is -0.483 e. The molecule has 0 saturated heterocycles. The fourth-order valence-corrected chi connectivity index (χ4v) is 2.88. The zero-order valence-corrected chi connectivity index (χ0v) is 16.1. The van der Waals surface area contributed by atoms with Crippen LogP contribution in [-0.4, -0.2) is 23.9 Å². The van der Waals surface area contributed by atoms with Gasteiger partial charge in [-0.1, -0.05) is 28.9 Å². The number of aromatic nitrogens is 1. The molecular formula is C21H14ClN3O5. The van der Waals surface area contributed by atoms with Crippen LogP contribution in [0.15, 0.2) is 79.8 Å². The van der Waals surface area contributed by atoms with Gasteiger partial charge in [-0.2, -0.15) is 5.10 Å². The maximum Gasteiger partial charge on any atom is 0.277 e. The Balaban J connectivity index is 1.40. The molecule has 0 spiro atoms. The fraction of sp³-hybridized carbons (Fsp3) is 0.0476. The van der Waals surface area contributed by atoms with Crippen molar-refractivity contribution in [3.8, 4) is 17.1 Å². The molecule has 4 rings (SSSR count). The van der Waals surface area contributed by atoms with Gasteiger partial charge in [-0.05, 0) is 30.3 Å². The van der Waals surface area contributed by atoms with Crippen molar-refractivity contribution in [2.45, 2.75) is 0 Å². The molecule has 2 aromatic heterocycles. The normalized spacial score (nSPS) is 11.1. The molecular weight excluding hydrogens is 410 g/mol. The largest absolute Gasteiger partial charge is 0.483 e. The highest BCUT2D eigenvalue weighted by molar-refractivity contribution is 6.31. The number of halogens is 1. The predicted molar refractivity (Wildman–Crippen MR) is 111 cm³/mol. The smallest absolute Gasteiger partial charge is 0.277 e. The van der Waals surface area contributed by atoms with E-state index in [1.165, 1.54) is 24.7 Å². The minimum absolute atomic E-state index is 0.168. The van der Waals surface area contributed by atoms with E-state index >= 15 is 0 Å². The van der Waals surface area contributed by atoms with E-state index in [9.17, 15) is 9.59 Å². The molecule has 4 aromatic rings. The summed E-state index contributed by atoms with van der Waals surface area (Å²) in [6, 6.07) is 13.5. The standard InChI is InChI=1S/C21H14ClN3O5/c22-14-5-6-18-16(9-14)21(27)13(11-28-18)10-23-25-20(26)12-29-17-4-2-1-3-15(17)19-7-8-24-30-19/h1-11H,12H2,(H,25,26)/b23-10+. The van der Waals surface area contributed by atoms with Crippen molar-refractivity contribution < 1.29 is 18.5 Å². The van der Waals surface area contributed by atoms with E-state index in [-0.39, 0.29) is 17.6 Å². The number of hydrazone groups is 1. The van der Waals surface area contributed by atoms with E-state index in [1.54, 1.807) is 36.4 Å². The lowest BCUT2D eigenvalue weighted by Gasteiger charge is -2.08. The quantitative estimate of drug-likeness (QED) is 0.375. The predicted octanol–water partition coefficient (Wildman–Crippen LogP) is 3.63. The molecule has 1 amide bonds. The second-order valence-corrected chi connectivity index (χ2v) is 6.55. The number of carbonyl (C=O) groups is 1. The van der Waals surface area contributed by atoms with Gasteiger partial charge in [0.15, 0.2) is 12.4 Å². The number of hydrogen-bond acceptors (Lipinski definition) is 7. The highest BCUT2D eigenvalue weighted by Gasteiger charge is 2.11. The topological polar surface area (TPSA) is 107 Å². The van der Waals surface area contributed by atoms with Gasteiger partial charge in [-0.25, -0.2) is 5.43 Å². The molecule has 0 aliphatic heterocycles. The summed E-state index contributed by atoms with van der Waals surface area (Å²) in [6.07, 6.45) is 3.98. The van der Waals surface area contributed by atoms with Gasteiger partial charge in [0.1, 0.15) is 17.6 Å². The summed E-state index contributed by atoms with van der Waals surface area (Å²) in [5.41, 5.74) is 3.23. The zero-order valence-electron chi connectivity index (χ0n) is 15.4. The molecule has 0 bridgehead atoms. The molecule has 30 heavy (non-hydrogen) atoms. The Hall–Kier alpha value is -3.91. The van der Waals surface area contributed by atoms with Gasteiger partial charge in [-0.15, -0.1) is 0 Å². The first-order valence-corrected chi connectivity index (χ1v) is 9.15. The third-order valence-corrected chi connectivity index (χ3v) is 4.34. The SMILES string of the molecule is O=C(COc1ccccc1-c1ccno1)N/N=C/c1coc2ccc(Cl)cc2c1=O. The molecule has 8 nitrogen and oxygen atoms in total. The Morgan fingerprint density at radius 3 is 2.93 bits per heavy atom. The lowest BCUT2D eigenvalue weighted by Crippen LogP contribution is -2.25. The van der Waals surface area contributed by atoms with E-state index in [2.05, 4.69) is 15.7 Å². The van der Waals surface area contributed by atoms with Crippen LogP contribution in [0, 0.1) is 0 Å². The number of para-hydroxylation sites is 1. The van der Waals surface area contributed by atoms with Gasteiger partial charge in [0.25, 0.3) is 5.91 Å². The highest BCUT2D eigenvalue weighted by atomic mass is 35.5. The first kappa shape index (κ1) is 19.4.